The van der Waals surface area contributed by atoms with E-state index in [1.165, 1.54) is 6.07 Å². The second-order valence-electron chi connectivity index (χ2n) is 6.50. The number of aromatic nitrogens is 2. The minimum Gasteiger partial charge on any atom is -0.422 e. The van der Waals surface area contributed by atoms with E-state index in [-0.39, 0.29) is 5.56 Å². The normalized spacial score (nSPS) is 11.0. The van der Waals surface area contributed by atoms with Crippen LogP contribution in [0.3, 0.4) is 0 Å². The third-order valence-electron chi connectivity index (χ3n) is 4.69. The van der Waals surface area contributed by atoms with Crippen LogP contribution in [-0.2, 0) is 6.54 Å². The summed E-state index contributed by atoms with van der Waals surface area (Å²) in [6.07, 6.45) is 0. The predicted molar refractivity (Wildman–Crippen MR) is 108 cm³/mol. The standard InChI is InChI=1S/C21H18N4O4/c1-3-25-12(2)22-16-11-14(8-9-17(16)25)19(26)23-24-20(27)15-10-13-6-4-5-7-18(13)29-21(15)28/h4-11H,3H2,1-2H3,(H,23,26)(H,24,27). The average Bonchev–Trinajstić information content (AvgIpc) is 3.05. The first-order valence-corrected chi connectivity index (χ1v) is 9.08. The molecule has 0 bridgehead atoms. The molecule has 2 heterocycles. The highest BCUT2D eigenvalue weighted by Gasteiger charge is 2.16. The molecule has 0 atom stereocenters. The number of fused-ring (bicyclic) bond motifs is 2. The van der Waals surface area contributed by atoms with Crippen LogP contribution >= 0.6 is 0 Å². The number of aryl methyl sites for hydroxylation is 2. The smallest absolute Gasteiger partial charge is 0.349 e. The summed E-state index contributed by atoms with van der Waals surface area (Å²) in [6, 6.07) is 13.4. The van der Waals surface area contributed by atoms with Crippen LogP contribution in [0.1, 0.15) is 33.5 Å². The number of benzene rings is 2. The van der Waals surface area contributed by atoms with Gasteiger partial charge in [0.05, 0.1) is 11.0 Å². The molecule has 0 unspecified atom stereocenters. The second kappa shape index (κ2) is 7.23. The van der Waals surface area contributed by atoms with E-state index in [1.54, 1.807) is 36.4 Å². The fourth-order valence-electron chi connectivity index (χ4n) is 3.26. The van der Waals surface area contributed by atoms with Gasteiger partial charge in [-0.3, -0.25) is 20.4 Å². The molecule has 0 saturated carbocycles. The van der Waals surface area contributed by atoms with Crippen LogP contribution in [0.15, 0.2) is 57.7 Å². The Hall–Kier alpha value is -3.94. The lowest BCUT2D eigenvalue weighted by Crippen LogP contribution is -2.43. The lowest BCUT2D eigenvalue weighted by molar-refractivity contribution is 0.0844. The van der Waals surface area contributed by atoms with Crippen LogP contribution in [0.5, 0.6) is 0 Å². The summed E-state index contributed by atoms with van der Waals surface area (Å²) in [5.74, 6) is -0.421. The SMILES string of the molecule is CCn1c(C)nc2cc(C(=O)NNC(=O)c3cc4ccccc4oc3=O)ccc21. The summed E-state index contributed by atoms with van der Waals surface area (Å²) in [6.45, 7) is 4.70. The molecule has 4 rings (SSSR count). The van der Waals surface area contributed by atoms with Crippen LogP contribution in [0.4, 0.5) is 0 Å². The number of hydrogen-bond acceptors (Lipinski definition) is 5. The number of hydrazine groups is 1. The molecule has 0 spiro atoms. The number of amides is 2. The number of imidazole rings is 1. The van der Waals surface area contributed by atoms with Crippen molar-refractivity contribution < 1.29 is 14.0 Å². The third kappa shape index (κ3) is 3.36. The molecule has 0 saturated heterocycles. The number of rotatable bonds is 3. The summed E-state index contributed by atoms with van der Waals surface area (Å²) in [4.78, 5) is 41.3. The largest absolute Gasteiger partial charge is 0.422 e. The van der Waals surface area contributed by atoms with E-state index >= 15 is 0 Å². The summed E-state index contributed by atoms with van der Waals surface area (Å²) in [7, 11) is 0. The molecule has 0 fully saturated rings. The van der Waals surface area contributed by atoms with Crippen LogP contribution in [-0.4, -0.2) is 21.4 Å². The van der Waals surface area contributed by atoms with Crippen molar-refractivity contribution in [3.8, 4) is 0 Å². The molecule has 2 N–H and O–H groups in total. The molecular weight excluding hydrogens is 372 g/mol. The molecular formula is C21H18N4O4. The van der Waals surface area contributed by atoms with E-state index in [9.17, 15) is 14.4 Å². The lowest BCUT2D eigenvalue weighted by atomic mass is 10.2. The monoisotopic (exact) mass is 390 g/mol. The summed E-state index contributed by atoms with van der Waals surface area (Å²) in [5.41, 5.74) is 5.94. The van der Waals surface area contributed by atoms with Crippen molar-refractivity contribution in [1.82, 2.24) is 20.4 Å². The Morgan fingerprint density at radius 3 is 2.62 bits per heavy atom. The molecule has 0 aliphatic carbocycles. The first kappa shape index (κ1) is 18.4. The van der Waals surface area contributed by atoms with Gasteiger partial charge in [-0.2, -0.15) is 0 Å². The molecule has 146 valence electrons. The molecule has 29 heavy (non-hydrogen) atoms. The minimum atomic E-state index is -0.780. The second-order valence-corrected chi connectivity index (χ2v) is 6.50. The van der Waals surface area contributed by atoms with Crippen molar-refractivity contribution in [2.45, 2.75) is 20.4 Å². The van der Waals surface area contributed by atoms with E-state index in [1.807, 2.05) is 24.5 Å². The van der Waals surface area contributed by atoms with Gasteiger partial charge in [0.1, 0.15) is 17.0 Å². The average molecular weight is 390 g/mol. The number of carbonyl (C=O) groups is 2. The van der Waals surface area contributed by atoms with Gasteiger partial charge in [-0.25, -0.2) is 9.78 Å². The maximum atomic E-state index is 12.4. The van der Waals surface area contributed by atoms with Gasteiger partial charge in [0.15, 0.2) is 0 Å². The molecule has 8 heteroatoms. The molecule has 2 amide bonds. The molecule has 0 aliphatic rings. The van der Waals surface area contributed by atoms with Gasteiger partial charge in [-0.1, -0.05) is 18.2 Å². The molecule has 2 aromatic carbocycles. The molecule has 8 nitrogen and oxygen atoms in total. The maximum absolute atomic E-state index is 12.4. The minimum absolute atomic E-state index is 0.197. The maximum Gasteiger partial charge on any atom is 0.349 e. The van der Waals surface area contributed by atoms with E-state index in [4.69, 9.17) is 4.42 Å². The van der Waals surface area contributed by atoms with E-state index < -0.39 is 17.4 Å². The van der Waals surface area contributed by atoms with Gasteiger partial charge in [0.25, 0.3) is 11.8 Å². The van der Waals surface area contributed by atoms with Crippen LogP contribution in [0.25, 0.3) is 22.0 Å². The number of nitrogens with zero attached hydrogens (tertiary/aromatic N) is 2. The quantitative estimate of drug-likeness (QED) is 0.413. The summed E-state index contributed by atoms with van der Waals surface area (Å²) < 4.78 is 7.18. The van der Waals surface area contributed by atoms with Crippen molar-refractivity contribution in [2.75, 3.05) is 0 Å². The van der Waals surface area contributed by atoms with Gasteiger partial charge >= 0.3 is 5.63 Å². The predicted octanol–water partition coefficient (Wildman–Crippen LogP) is 2.55. The topological polar surface area (TPSA) is 106 Å². The Bertz CT molecular complexity index is 1320. The van der Waals surface area contributed by atoms with Crippen molar-refractivity contribution in [1.29, 1.82) is 0 Å². The van der Waals surface area contributed by atoms with Gasteiger partial charge in [-0.15, -0.1) is 0 Å². The molecule has 0 aliphatic heterocycles. The van der Waals surface area contributed by atoms with Crippen molar-refractivity contribution in [3.05, 3.63) is 75.9 Å². The molecule has 4 aromatic rings. The fraction of sp³-hybridized carbons (Fsp3) is 0.143. The highest BCUT2D eigenvalue weighted by Crippen LogP contribution is 2.17. The van der Waals surface area contributed by atoms with Crippen molar-refractivity contribution in [2.24, 2.45) is 0 Å². The van der Waals surface area contributed by atoms with Gasteiger partial charge < -0.3 is 8.98 Å². The lowest BCUT2D eigenvalue weighted by Gasteiger charge is -2.08. The van der Waals surface area contributed by atoms with Crippen LogP contribution in [0.2, 0.25) is 0 Å². The number of nitrogens with one attached hydrogen (secondary N) is 2. The summed E-state index contributed by atoms with van der Waals surface area (Å²) in [5, 5.41) is 0.607. The van der Waals surface area contributed by atoms with E-state index in [0.717, 1.165) is 17.9 Å². The van der Waals surface area contributed by atoms with Crippen LogP contribution < -0.4 is 16.5 Å². The Balaban J connectivity index is 1.52. The van der Waals surface area contributed by atoms with Gasteiger partial charge in [-0.05, 0) is 44.2 Å². The van der Waals surface area contributed by atoms with Crippen LogP contribution in [0, 0.1) is 6.92 Å². The summed E-state index contributed by atoms with van der Waals surface area (Å²) >= 11 is 0. The first-order valence-electron chi connectivity index (χ1n) is 9.08. The highest BCUT2D eigenvalue weighted by atomic mass is 16.4. The zero-order valence-electron chi connectivity index (χ0n) is 15.9. The Kier molecular flexibility index (Phi) is 4.59. The zero-order chi connectivity index (χ0) is 20.5. The van der Waals surface area contributed by atoms with Gasteiger partial charge in [0.2, 0.25) is 0 Å². The van der Waals surface area contributed by atoms with E-state index in [2.05, 4.69) is 15.8 Å². The number of para-hydroxylation sites is 1. The van der Waals surface area contributed by atoms with E-state index in [0.29, 0.717) is 22.0 Å². The number of carbonyl (C=O) groups excluding carboxylic acids is 2. The molecule has 0 radical (unpaired) electrons. The highest BCUT2D eigenvalue weighted by molar-refractivity contribution is 6.01. The Morgan fingerprint density at radius 1 is 1.07 bits per heavy atom. The zero-order valence-corrected chi connectivity index (χ0v) is 15.9. The third-order valence-corrected chi connectivity index (χ3v) is 4.69. The van der Waals surface area contributed by atoms with Crippen molar-refractivity contribution >= 4 is 33.8 Å². The number of hydrogen-bond donors (Lipinski definition) is 2. The Morgan fingerprint density at radius 2 is 1.83 bits per heavy atom. The van der Waals surface area contributed by atoms with Crippen molar-refractivity contribution in [3.63, 3.8) is 0 Å². The Labute approximate surface area is 165 Å². The molecule has 2 aromatic heterocycles. The fourth-order valence-corrected chi connectivity index (χ4v) is 3.26. The first-order chi connectivity index (χ1) is 14.0. The van der Waals surface area contributed by atoms with Gasteiger partial charge in [0, 0.05) is 17.5 Å².